The molecule has 0 aromatic heterocycles. The summed E-state index contributed by atoms with van der Waals surface area (Å²) in [6.07, 6.45) is 1.74. The van der Waals surface area contributed by atoms with Crippen molar-refractivity contribution < 1.29 is 14.2 Å². The van der Waals surface area contributed by atoms with Crippen molar-refractivity contribution in [3.63, 3.8) is 0 Å². The Morgan fingerprint density at radius 2 is 2.12 bits per heavy atom. The van der Waals surface area contributed by atoms with Gasteiger partial charge in [0.25, 0.3) is 0 Å². The average molecular weight is 260 g/mol. The Bertz CT molecular complexity index is 419. The van der Waals surface area contributed by atoms with Crippen molar-refractivity contribution in [2.24, 2.45) is 0 Å². The Balaban J connectivity index is 2.40. The standard InChI is InChI=1S/C12H15ClFNO2/c1-17-12-9(13)6-8(11(16)10(12)14)7-2-4-15-5-3-7/h6-7,15-16H,2-5H2,1H3. The number of hydrogen-bond donors (Lipinski definition) is 2. The normalized spacial score (nSPS) is 17.1. The highest BCUT2D eigenvalue weighted by atomic mass is 35.5. The summed E-state index contributed by atoms with van der Waals surface area (Å²) in [4.78, 5) is 0. The zero-order valence-corrected chi connectivity index (χ0v) is 10.4. The van der Waals surface area contributed by atoms with Crippen molar-refractivity contribution in [1.29, 1.82) is 0 Å². The van der Waals surface area contributed by atoms with E-state index in [1.807, 2.05) is 0 Å². The fraction of sp³-hybridized carbons (Fsp3) is 0.500. The number of rotatable bonds is 2. The molecule has 5 heteroatoms. The molecular formula is C12H15ClFNO2. The molecule has 1 saturated heterocycles. The quantitative estimate of drug-likeness (QED) is 0.858. The molecule has 1 heterocycles. The second-order valence-electron chi connectivity index (χ2n) is 4.17. The van der Waals surface area contributed by atoms with E-state index in [1.54, 1.807) is 6.07 Å². The van der Waals surface area contributed by atoms with Crippen LogP contribution in [0.4, 0.5) is 4.39 Å². The lowest BCUT2D eigenvalue weighted by molar-refractivity contribution is 0.356. The number of benzene rings is 1. The summed E-state index contributed by atoms with van der Waals surface area (Å²) >= 11 is 5.93. The lowest BCUT2D eigenvalue weighted by Gasteiger charge is -2.24. The molecule has 1 aromatic rings. The molecule has 3 nitrogen and oxygen atoms in total. The lowest BCUT2D eigenvalue weighted by atomic mass is 9.89. The van der Waals surface area contributed by atoms with E-state index < -0.39 is 5.82 Å². The maximum atomic E-state index is 13.8. The van der Waals surface area contributed by atoms with Crippen LogP contribution < -0.4 is 10.1 Å². The van der Waals surface area contributed by atoms with Gasteiger partial charge in [-0.15, -0.1) is 0 Å². The van der Waals surface area contributed by atoms with Gasteiger partial charge in [0.1, 0.15) is 0 Å². The smallest absolute Gasteiger partial charge is 0.208 e. The number of methoxy groups -OCH3 is 1. The van der Waals surface area contributed by atoms with Crippen LogP contribution in [0, 0.1) is 5.82 Å². The lowest BCUT2D eigenvalue weighted by Crippen LogP contribution is -2.26. The molecule has 2 rings (SSSR count). The van der Waals surface area contributed by atoms with Gasteiger partial charge in [0, 0.05) is 5.56 Å². The first kappa shape index (κ1) is 12.5. The molecular weight excluding hydrogens is 245 g/mol. The van der Waals surface area contributed by atoms with Crippen LogP contribution >= 0.6 is 11.6 Å². The third-order valence-electron chi connectivity index (χ3n) is 3.16. The van der Waals surface area contributed by atoms with E-state index in [4.69, 9.17) is 16.3 Å². The van der Waals surface area contributed by atoms with E-state index in [-0.39, 0.29) is 22.4 Å². The summed E-state index contributed by atoms with van der Waals surface area (Å²) in [7, 11) is 1.33. The highest BCUT2D eigenvalue weighted by Crippen LogP contribution is 2.41. The van der Waals surface area contributed by atoms with Gasteiger partial charge in [-0.1, -0.05) is 11.6 Å². The molecule has 2 N–H and O–H groups in total. The summed E-state index contributed by atoms with van der Waals surface area (Å²) in [5.74, 6) is -1.05. The summed E-state index contributed by atoms with van der Waals surface area (Å²) < 4.78 is 18.6. The molecule has 0 bridgehead atoms. The molecule has 17 heavy (non-hydrogen) atoms. The molecule has 0 amide bonds. The molecule has 1 fully saturated rings. The van der Waals surface area contributed by atoms with E-state index in [2.05, 4.69) is 5.32 Å². The van der Waals surface area contributed by atoms with Gasteiger partial charge < -0.3 is 15.2 Å². The van der Waals surface area contributed by atoms with Gasteiger partial charge in [-0.25, -0.2) is 0 Å². The van der Waals surface area contributed by atoms with Gasteiger partial charge >= 0.3 is 0 Å². The van der Waals surface area contributed by atoms with Crippen molar-refractivity contribution in [3.05, 3.63) is 22.5 Å². The zero-order valence-electron chi connectivity index (χ0n) is 9.59. The molecule has 0 spiro atoms. The van der Waals surface area contributed by atoms with Crippen LogP contribution in [-0.2, 0) is 0 Å². The molecule has 0 saturated carbocycles. The van der Waals surface area contributed by atoms with Crippen LogP contribution in [0.1, 0.15) is 24.3 Å². The maximum absolute atomic E-state index is 13.8. The highest BCUT2D eigenvalue weighted by molar-refractivity contribution is 6.32. The summed E-state index contributed by atoms with van der Waals surface area (Å²) in [5.41, 5.74) is 0.579. The molecule has 1 aliphatic rings. The number of nitrogens with one attached hydrogen (secondary N) is 1. The Labute approximate surface area is 105 Å². The number of halogens is 2. The number of ether oxygens (including phenoxy) is 1. The summed E-state index contributed by atoms with van der Waals surface area (Å²) in [6, 6.07) is 1.61. The molecule has 1 aromatic carbocycles. The van der Waals surface area contributed by atoms with Crippen LogP contribution in [0.2, 0.25) is 5.02 Å². The second-order valence-corrected chi connectivity index (χ2v) is 4.57. The van der Waals surface area contributed by atoms with Crippen LogP contribution in [-0.4, -0.2) is 25.3 Å². The van der Waals surface area contributed by atoms with Gasteiger partial charge in [-0.3, -0.25) is 0 Å². The van der Waals surface area contributed by atoms with Gasteiger partial charge in [-0.05, 0) is 37.9 Å². The predicted molar refractivity (Wildman–Crippen MR) is 64.5 cm³/mol. The van der Waals surface area contributed by atoms with Crippen LogP contribution in [0.25, 0.3) is 0 Å². The molecule has 0 aliphatic carbocycles. The second kappa shape index (κ2) is 5.10. The minimum atomic E-state index is -0.770. The number of piperidine rings is 1. The van der Waals surface area contributed by atoms with Crippen molar-refractivity contribution in [1.82, 2.24) is 5.32 Å². The maximum Gasteiger partial charge on any atom is 0.208 e. The topological polar surface area (TPSA) is 41.5 Å². The average Bonchev–Trinajstić information content (AvgIpc) is 2.35. The Hall–Kier alpha value is -1.00. The molecule has 94 valence electrons. The zero-order chi connectivity index (χ0) is 12.4. The Morgan fingerprint density at radius 1 is 1.47 bits per heavy atom. The van der Waals surface area contributed by atoms with Crippen molar-refractivity contribution >= 4 is 11.6 Å². The van der Waals surface area contributed by atoms with E-state index in [0.29, 0.717) is 5.56 Å². The van der Waals surface area contributed by atoms with Crippen molar-refractivity contribution in [3.8, 4) is 11.5 Å². The van der Waals surface area contributed by atoms with E-state index in [1.165, 1.54) is 7.11 Å². The fourth-order valence-electron chi connectivity index (χ4n) is 2.24. The largest absolute Gasteiger partial charge is 0.505 e. The SMILES string of the molecule is COc1c(Cl)cc(C2CCNCC2)c(O)c1F. The van der Waals surface area contributed by atoms with Crippen LogP contribution in [0.15, 0.2) is 6.07 Å². The van der Waals surface area contributed by atoms with Gasteiger partial charge in [0.2, 0.25) is 5.82 Å². The number of phenolic OH excluding ortho intramolecular Hbond substituents is 1. The monoisotopic (exact) mass is 259 g/mol. The van der Waals surface area contributed by atoms with Gasteiger partial charge in [0.15, 0.2) is 11.5 Å². The fourth-order valence-corrected chi connectivity index (χ4v) is 2.52. The first-order valence-corrected chi connectivity index (χ1v) is 5.98. The molecule has 0 radical (unpaired) electrons. The van der Waals surface area contributed by atoms with Gasteiger partial charge in [0.05, 0.1) is 12.1 Å². The minimum absolute atomic E-state index is 0.0955. The minimum Gasteiger partial charge on any atom is -0.505 e. The third-order valence-corrected chi connectivity index (χ3v) is 3.44. The number of hydrogen-bond acceptors (Lipinski definition) is 3. The van der Waals surface area contributed by atoms with Gasteiger partial charge in [-0.2, -0.15) is 4.39 Å². The molecule has 0 atom stereocenters. The predicted octanol–water partition coefficient (Wildman–Crippen LogP) is 2.66. The molecule has 0 unspecified atom stereocenters. The van der Waals surface area contributed by atoms with Crippen LogP contribution in [0.3, 0.4) is 0 Å². The number of phenols is 1. The molecule has 1 aliphatic heterocycles. The van der Waals surface area contributed by atoms with E-state index >= 15 is 0 Å². The number of aromatic hydroxyl groups is 1. The van der Waals surface area contributed by atoms with E-state index in [9.17, 15) is 9.50 Å². The third kappa shape index (κ3) is 2.33. The van der Waals surface area contributed by atoms with E-state index in [0.717, 1.165) is 25.9 Å². The Morgan fingerprint density at radius 3 is 2.71 bits per heavy atom. The summed E-state index contributed by atoms with van der Waals surface area (Å²) in [6.45, 7) is 1.74. The Kier molecular flexibility index (Phi) is 3.74. The first-order valence-electron chi connectivity index (χ1n) is 5.60. The van der Waals surface area contributed by atoms with Crippen LogP contribution in [0.5, 0.6) is 11.5 Å². The summed E-state index contributed by atoms with van der Waals surface area (Å²) in [5, 5.41) is 13.3. The highest BCUT2D eigenvalue weighted by Gasteiger charge is 2.24. The van der Waals surface area contributed by atoms with Crippen molar-refractivity contribution in [2.75, 3.05) is 20.2 Å². The van der Waals surface area contributed by atoms with Crippen molar-refractivity contribution in [2.45, 2.75) is 18.8 Å². The first-order chi connectivity index (χ1) is 8.15.